The van der Waals surface area contributed by atoms with Gasteiger partial charge in [0.15, 0.2) is 0 Å². The lowest BCUT2D eigenvalue weighted by Gasteiger charge is -2.51. The normalized spacial score (nSPS) is 37.6. The average Bonchev–Trinajstić information content (AvgIpc) is 2.18. The van der Waals surface area contributed by atoms with Gasteiger partial charge in [-0.2, -0.15) is 0 Å². The molecule has 76 valence electrons. The molecule has 0 aliphatic heterocycles. The van der Waals surface area contributed by atoms with Crippen LogP contribution in [-0.2, 0) is 19.1 Å². The SMILES string of the molecule is COC(=O)[C@H]1[C@H]2C=C[C@@H]2[C@@H]1C(=O)OC. The molecule has 0 aromatic carbocycles. The Hall–Kier alpha value is -1.32. The van der Waals surface area contributed by atoms with E-state index in [1.54, 1.807) is 0 Å². The second-order valence-corrected chi connectivity index (χ2v) is 3.64. The first-order valence-electron chi connectivity index (χ1n) is 4.54. The summed E-state index contributed by atoms with van der Waals surface area (Å²) in [5.74, 6) is -0.917. The summed E-state index contributed by atoms with van der Waals surface area (Å²) >= 11 is 0. The Morgan fingerprint density at radius 3 is 1.50 bits per heavy atom. The molecule has 0 aromatic rings. The lowest BCUT2D eigenvalue weighted by Crippen LogP contribution is -2.56. The Morgan fingerprint density at radius 1 is 0.929 bits per heavy atom. The van der Waals surface area contributed by atoms with Crippen molar-refractivity contribution in [3.8, 4) is 0 Å². The zero-order chi connectivity index (χ0) is 10.3. The minimum absolute atomic E-state index is 0.187. The van der Waals surface area contributed by atoms with Gasteiger partial charge in [-0.15, -0.1) is 0 Å². The fourth-order valence-electron chi connectivity index (χ4n) is 2.30. The van der Waals surface area contributed by atoms with Crippen molar-refractivity contribution in [2.75, 3.05) is 14.2 Å². The van der Waals surface area contributed by atoms with E-state index < -0.39 is 0 Å². The monoisotopic (exact) mass is 196 g/mol. The molecule has 4 nitrogen and oxygen atoms in total. The molecular weight excluding hydrogens is 184 g/mol. The van der Waals surface area contributed by atoms with Gasteiger partial charge in [-0.1, -0.05) is 12.2 Å². The van der Waals surface area contributed by atoms with Crippen molar-refractivity contribution in [2.24, 2.45) is 23.7 Å². The van der Waals surface area contributed by atoms with E-state index in [2.05, 4.69) is 9.47 Å². The Bertz CT molecular complexity index is 277. The third kappa shape index (κ3) is 0.997. The molecule has 4 atom stereocenters. The highest BCUT2D eigenvalue weighted by Crippen LogP contribution is 2.54. The number of hydrogen-bond donors (Lipinski definition) is 0. The largest absolute Gasteiger partial charge is 0.469 e. The zero-order valence-corrected chi connectivity index (χ0v) is 8.10. The Morgan fingerprint density at radius 2 is 1.29 bits per heavy atom. The first-order valence-corrected chi connectivity index (χ1v) is 4.54. The number of ether oxygens (including phenoxy) is 2. The molecule has 4 heteroatoms. The summed E-state index contributed by atoms with van der Waals surface area (Å²) in [6.45, 7) is 0. The van der Waals surface area contributed by atoms with E-state index in [0.29, 0.717) is 0 Å². The van der Waals surface area contributed by atoms with E-state index in [0.717, 1.165) is 0 Å². The van der Waals surface area contributed by atoms with Crippen LogP contribution in [0.25, 0.3) is 0 Å². The number of carbonyl (C=O) groups excluding carboxylic acids is 2. The van der Waals surface area contributed by atoms with Crippen LogP contribution >= 0.6 is 0 Å². The predicted octanol–water partition coefficient (Wildman–Crippen LogP) is 0.381. The highest BCUT2D eigenvalue weighted by molar-refractivity contribution is 5.86. The number of methoxy groups -OCH3 is 2. The Labute approximate surface area is 81.9 Å². The van der Waals surface area contributed by atoms with Crippen LogP contribution in [0, 0.1) is 23.7 Å². The summed E-state index contributed by atoms with van der Waals surface area (Å²) in [7, 11) is 2.68. The number of fused-ring (bicyclic) bond motifs is 1. The van der Waals surface area contributed by atoms with Crippen molar-refractivity contribution in [3.63, 3.8) is 0 Å². The van der Waals surface area contributed by atoms with Gasteiger partial charge in [0.1, 0.15) is 0 Å². The molecule has 0 unspecified atom stereocenters. The van der Waals surface area contributed by atoms with Gasteiger partial charge < -0.3 is 9.47 Å². The van der Waals surface area contributed by atoms with Crippen molar-refractivity contribution < 1.29 is 19.1 Å². The number of rotatable bonds is 2. The van der Waals surface area contributed by atoms with Gasteiger partial charge in [-0.05, 0) is 11.8 Å². The van der Waals surface area contributed by atoms with Crippen molar-refractivity contribution in [2.45, 2.75) is 0 Å². The minimum atomic E-state index is -0.331. The molecule has 0 aromatic heterocycles. The predicted molar refractivity (Wildman–Crippen MR) is 47.1 cm³/mol. The van der Waals surface area contributed by atoms with Crippen molar-refractivity contribution >= 4 is 11.9 Å². The molecule has 1 fully saturated rings. The van der Waals surface area contributed by atoms with E-state index in [-0.39, 0.29) is 35.6 Å². The molecule has 14 heavy (non-hydrogen) atoms. The summed E-state index contributed by atoms with van der Waals surface area (Å²) < 4.78 is 9.30. The van der Waals surface area contributed by atoms with Crippen LogP contribution in [0.3, 0.4) is 0 Å². The van der Waals surface area contributed by atoms with Crippen LogP contribution in [0.2, 0.25) is 0 Å². The van der Waals surface area contributed by atoms with E-state index in [1.807, 2.05) is 12.2 Å². The molecule has 0 amide bonds. The molecule has 0 N–H and O–H groups in total. The zero-order valence-electron chi connectivity index (χ0n) is 8.10. The highest BCUT2D eigenvalue weighted by Gasteiger charge is 2.59. The second-order valence-electron chi connectivity index (χ2n) is 3.64. The van der Waals surface area contributed by atoms with Crippen LogP contribution < -0.4 is 0 Å². The maximum atomic E-state index is 11.4. The average molecular weight is 196 g/mol. The molecule has 0 heterocycles. The van der Waals surface area contributed by atoms with E-state index in [1.165, 1.54) is 14.2 Å². The van der Waals surface area contributed by atoms with Gasteiger partial charge >= 0.3 is 11.9 Å². The number of allylic oxidation sites excluding steroid dienone is 2. The molecule has 0 bridgehead atoms. The molecule has 2 rings (SSSR count). The first-order chi connectivity index (χ1) is 6.70. The van der Waals surface area contributed by atoms with Crippen molar-refractivity contribution in [1.82, 2.24) is 0 Å². The van der Waals surface area contributed by atoms with Gasteiger partial charge in [0.05, 0.1) is 26.1 Å². The van der Waals surface area contributed by atoms with Crippen LogP contribution in [0.1, 0.15) is 0 Å². The van der Waals surface area contributed by atoms with Crippen LogP contribution in [0.15, 0.2) is 12.2 Å². The topological polar surface area (TPSA) is 52.6 Å². The summed E-state index contributed by atoms with van der Waals surface area (Å²) in [5, 5.41) is 0. The molecular formula is C10H12O4. The molecule has 0 saturated heterocycles. The fraction of sp³-hybridized carbons (Fsp3) is 0.600. The van der Waals surface area contributed by atoms with Gasteiger partial charge in [0, 0.05) is 0 Å². The maximum Gasteiger partial charge on any atom is 0.310 e. The van der Waals surface area contributed by atoms with Crippen molar-refractivity contribution in [1.29, 1.82) is 0 Å². The molecule has 1 saturated carbocycles. The molecule has 2 aliphatic rings. The van der Waals surface area contributed by atoms with Gasteiger partial charge in [-0.25, -0.2) is 0 Å². The lowest BCUT2D eigenvalue weighted by atomic mass is 9.51. The summed E-state index contributed by atoms with van der Waals surface area (Å²) in [6.07, 6.45) is 3.90. The number of esters is 2. The Kier molecular flexibility index (Phi) is 2.06. The third-order valence-electron chi connectivity index (χ3n) is 3.16. The van der Waals surface area contributed by atoms with Crippen molar-refractivity contribution in [3.05, 3.63) is 12.2 Å². The molecule has 2 aliphatic carbocycles. The fourth-order valence-corrected chi connectivity index (χ4v) is 2.30. The molecule has 0 spiro atoms. The number of carbonyl (C=O) groups is 2. The molecule has 0 radical (unpaired) electrons. The van der Waals surface area contributed by atoms with Crippen LogP contribution in [0.5, 0.6) is 0 Å². The number of hydrogen-bond acceptors (Lipinski definition) is 4. The van der Waals surface area contributed by atoms with Crippen LogP contribution in [0.4, 0.5) is 0 Å². The van der Waals surface area contributed by atoms with E-state index in [4.69, 9.17) is 0 Å². The van der Waals surface area contributed by atoms with Gasteiger partial charge in [0.25, 0.3) is 0 Å². The maximum absolute atomic E-state index is 11.4. The quantitative estimate of drug-likeness (QED) is 0.473. The standard InChI is InChI=1S/C10H12O4/c1-13-9(11)7-5-3-4-6(5)8(7)10(12)14-2/h3-8H,1-2H3/t5-,6-,7-,8-/m0/s1. The summed E-state index contributed by atoms with van der Waals surface area (Å²) in [4.78, 5) is 22.7. The minimum Gasteiger partial charge on any atom is -0.469 e. The van der Waals surface area contributed by atoms with E-state index in [9.17, 15) is 9.59 Å². The second kappa shape index (κ2) is 3.12. The summed E-state index contributed by atoms with van der Waals surface area (Å²) in [6, 6.07) is 0. The highest BCUT2D eigenvalue weighted by atomic mass is 16.5. The van der Waals surface area contributed by atoms with E-state index >= 15 is 0 Å². The lowest BCUT2D eigenvalue weighted by molar-refractivity contribution is -0.174. The van der Waals surface area contributed by atoms with Gasteiger partial charge in [0.2, 0.25) is 0 Å². The third-order valence-corrected chi connectivity index (χ3v) is 3.16. The van der Waals surface area contributed by atoms with Crippen LogP contribution in [-0.4, -0.2) is 26.2 Å². The van der Waals surface area contributed by atoms with Gasteiger partial charge in [-0.3, -0.25) is 9.59 Å². The Balaban J connectivity index is 2.13. The first kappa shape index (κ1) is 9.24. The summed E-state index contributed by atoms with van der Waals surface area (Å²) in [5.41, 5.74) is 0. The smallest absolute Gasteiger partial charge is 0.310 e.